The summed E-state index contributed by atoms with van der Waals surface area (Å²) in [6.45, 7) is 0. The summed E-state index contributed by atoms with van der Waals surface area (Å²) in [5.41, 5.74) is -0.879. The molecule has 1 saturated carbocycles. The fourth-order valence-corrected chi connectivity index (χ4v) is 2.70. The number of ether oxygens (including phenoxy) is 1. The van der Waals surface area contributed by atoms with E-state index in [2.05, 4.69) is 0 Å². The van der Waals surface area contributed by atoms with Gasteiger partial charge in [0, 0.05) is 5.56 Å². The van der Waals surface area contributed by atoms with Crippen LogP contribution in [-0.4, -0.2) is 23.3 Å². The third-order valence-electron chi connectivity index (χ3n) is 3.67. The molecule has 18 heavy (non-hydrogen) atoms. The molecular weight excluding hydrogens is 239 g/mol. The molecule has 0 unspecified atom stereocenters. The maximum atomic E-state index is 13.4. The lowest BCUT2D eigenvalue weighted by molar-refractivity contribution is -0.143. The SMILES string of the molecule is COc1c(F)ccc(C2(C(=O)O)CCCC2)c1O. The van der Waals surface area contributed by atoms with Crippen LogP contribution in [0.1, 0.15) is 31.2 Å². The lowest BCUT2D eigenvalue weighted by Crippen LogP contribution is -2.32. The van der Waals surface area contributed by atoms with E-state index < -0.39 is 23.0 Å². The van der Waals surface area contributed by atoms with Crippen molar-refractivity contribution in [1.82, 2.24) is 0 Å². The summed E-state index contributed by atoms with van der Waals surface area (Å²) in [4.78, 5) is 11.5. The van der Waals surface area contributed by atoms with E-state index in [-0.39, 0.29) is 11.3 Å². The molecule has 5 heteroatoms. The van der Waals surface area contributed by atoms with Crippen molar-refractivity contribution < 1.29 is 24.1 Å². The van der Waals surface area contributed by atoms with Crippen LogP contribution in [0.15, 0.2) is 12.1 Å². The quantitative estimate of drug-likeness (QED) is 0.869. The van der Waals surface area contributed by atoms with E-state index in [9.17, 15) is 19.4 Å². The van der Waals surface area contributed by atoms with Crippen LogP contribution in [-0.2, 0) is 10.2 Å². The molecule has 1 fully saturated rings. The minimum atomic E-state index is -1.12. The summed E-state index contributed by atoms with van der Waals surface area (Å²) >= 11 is 0. The molecule has 0 aromatic heterocycles. The molecular formula is C13H15FO4. The van der Waals surface area contributed by atoms with Gasteiger partial charge in [0.1, 0.15) is 0 Å². The van der Waals surface area contributed by atoms with E-state index in [0.717, 1.165) is 18.9 Å². The standard InChI is InChI=1S/C13H15FO4/c1-18-11-9(14)5-4-8(10(11)15)13(12(16)17)6-2-3-7-13/h4-5,15H,2-3,6-7H2,1H3,(H,16,17). The lowest BCUT2D eigenvalue weighted by Gasteiger charge is -2.25. The molecule has 0 saturated heterocycles. The van der Waals surface area contributed by atoms with E-state index in [1.807, 2.05) is 0 Å². The molecule has 2 rings (SSSR count). The average molecular weight is 254 g/mol. The van der Waals surface area contributed by atoms with Crippen LogP contribution in [0.5, 0.6) is 11.5 Å². The summed E-state index contributed by atoms with van der Waals surface area (Å²) in [6.07, 6.45) is 2.46. The van der Waals surface area contributed by atoms with Crippen molar-refractivity contribution >= 4 is 5.97 Å². The van der Waals surface area contributed by atoms with Gasteiger partial charge in [-0.15, -0.1) is 0 Å². The Labute approximate surface area is 104 Å². The Morgan fingerprint density at radius 1 is 1.39 bits per heavy atom. The number of rotatable bonds is 3. The maximum absolute atomic E-state index is 13.4. The second-order valence-electron chi connectivity index (χ2n) is 4.57. The van der Waals surface area contributed by atoms with Gasteiger partial charge in [-0.2, -0.15) is 0 Å². The van der Waals surface area contributed by atoms with Crippen molar-refractivity contribution in [3.05, 3.63) is 23.5 Å². The van der Waals surface area contributed by atoms with Gasteiger partial charge in [-0.1, -0.05) is 18.9 Å². The minimum absolute atomic E-state index is 0.241. The van der Waals surface area contributed by atoms with Gasteiger partial charge in [0.2, 0.25) is 0 Å². The number of carboxylic acids is 1. The molecule has 0 atom stereocenters. The van der Waals surface area contributed by atoms with E-state index in [1.54, 1.807) is 0 Å². The van der Waals surface area contributed by atoms with Gasteiger partial charge in [-0.05, 0) is 18.9 Å². The van der Waals surface area contributed by atoms with Gasteiger partial charge in [0.05, 0.1) is 12.5 Å². The van der Waals surface area contributed by atoms with Crippen LogP contribution < -0.4 is 4.74 Å². The monoisotopic (exact) mass is 254 g/mol. The molecule has 0 heterocycles. The molecule has 0 aliphatic heterocycles. The maximum Gasteiger partial charge on any atom is 0.314 e. The number of aromatic hydroxyl groups is 1. The number of phenolic OH excluding ortho intramolecular Hbond substituents is 1. The Morgan fingerprint density at radius 2 is 2.00 bits per heavy atom. The zero-order chi connectivity index (χ0) is 13.3. The highest BCUT2D eigenvalue weighted by atomic mass is 19.1. The fourth-order valence-electron chi connectivity index (χ4n) is 2.70. The number of phenols is 1. The third kappa shape index (κ3) is 1.70. The second kappa shape index (κ2) is 4.48. The molecule has 1 aliphatic rings. The van der Waals surface area contributed by atoms with Gasteiger partial charge >= 0.3 is 5.97 Å². The summed E-state index contributed by atoms with van der Waals surface area (Å²) < 4.78 is 18.2. The molecule has 2 N–H and O–H groups in total. The Balaban J connectivity index is 2.59. The molecule has 1 aromatic carbocycles. The Morgan fingerprint density at radius 3 is 2.50 bits per heavy atom. The minimum Gasteiger partial charge on any atom is -0.504 e. The predicted octanol–water partition coefficient (Wildman–Crippen LogP) is 2.44. The predicted molar refractivity (Wildman–Crippen MR) is 62.4 cm³/mol. The van der Waals surface area contributed by atoms with Crippen LogP contribution >= 0.6 is 0 Å². The second-order valence-corrected chi connectivity index (χ2v) is 4.57. The molecule has 1 aliphatic carbocycles. The highest BCUT2D eigenvalue weighted by molar-refractivity contribution is 5.83. The Bertz CT molecular complexity index is 478. The van der Waals surface area contributed by atoms with Crippen LogP contribution in [0, 0.1) is 5.82 Å². The van der Waals surface area contributed by atoms with Crippen LogP contribution in [0.25, 0.3) is 0 Å². The van der Waals surface area contributed by atoms with Crippen LogP contribution in [0.3, 0.4) is 0 Å². The number of methoxy groups -OCH3 is 1. The number of hydrogen-bond acceptors (Lipinski definition) is 3. The van der Waals surface area contributed by atoms with Crippen LogP contribution in [0.2, 0.25) is 0 Å². The number of carbonyl (C=O) groups is 1. The first-order valence-electron chi connectivity index (χ1n) is 5.82. The zero-order valence-electron chi connectivity index (χ0n) is 10.1. The normalized spacial score (nSPS) is 17.7. The Hall–Kier alpha value is -1.78. The first-order valence-corrected chi connectivity index (χ1v) is 5.82. The average Bonchev–Trinajstić information content (AvgIpc) is 2.80. The number of hydrogen-bond donors (Lipinski definition) is 2. The van der Waals surface area contributed by atoms with E-state index in [1.165, 1.54) is 13.2 Å². The molecule has 0 radical (unpaired) electrons. The van der Waals surface area contributed by atoms with Gasteiger partial charge < -0.3 is 14.9 Å². The molecule has 98 valence electrons. The number of halogens is 1. The molecule has 0 amide bonds. The zero-order valence-corrected chi connectivity index (χ0v) is 10.1. The molecule has 0 bridgehead atoms. The highest BCUT2D eigenvalue weighted by Crippen LogP contribution is 2.47. The van der Waals surface area contributed by atoms with Crippen molar-refractivity contribution in [2.45, 2.75) is 31.1 Å². The van der Waals surface area contributed by atoms with E-state index in [4.69, 9.17) is 4.74 Å². The first-order chi connectivity index (χ1) is 8.53. The molecule has 4 nitrogen and oxygen atoms in total. The largest absolute Gasteiger partial charge is 0.504 e. The van der Waals surface area contributed by atoms with Gasteiger partial charge in [0.15, 0.2) is 17.3 Å². The van der Waals surface area contributed by atoms with Crippen molar-refractivity contribution in [3.8, 4) is 11.5 Å². The van der Waals surface area contributed by atoms with Crippen molar-refractivity contribution in [2.75, 3.05) is 7.11 Å². The summed E-state index contributed by atoms with van der Waals surface area (Å²) in [5, 5.41) is 19.4. The number of carboxylic acid groups (broad SMARTS) is 1. The van der Waals surface area contributed by atoms with Crippen molar-refractivity contribution in [3.63, 3.8) is 0 Å². The number of benzene rings is 1. The summed E-state index contributed by atoms with van der Waals surface area (Å²) in [5.74, 6) is -2.37. The number of aliphatic carboxylic acids is 1. The van der Waals surface area contributed by atoms with Gasteiger partial charge in [-0.3, -0.25) is 4.79 Å². The first kappa shape index (κ1) is 12.7. The van der Waals surface area contributed by atoms with Crippen LogP contribution in [0.4, 0.5) is 4.39 Å². The smallest absolute Gasteiger partial charge is 0.314 e. The van der Waals surface area contributed by atoms with E-state index >= 15 is 0 Å². The highest BCUT2D eigenvalue weighted by Gasteiger charge is 2.45. The van der Waals surface area contributed by atoms with Crippen molar-refractivity contribution in [1.29, 1.82) is 0 Å². The molecule has 1 aromatic rings. The molecule has 0 spiro atoms. The van der Waals surface area contributed by atoms with Crippen molar-refractivity contribution in [2.24, 2.45) is 0 Å². The third-order valence-corrected chi connectivity index (χ3v) is 3.67. The summed E-state index contributed by atoms with van der Waals surface area (Å²) in [7, 11) is 1.24. The summed E-state index contributed by atoms with van der Waals surface area (Å²) in [6, 6.07) is 2.48. The van der Waals surface area contributed by atoms with Gasteiger partial charge in [-0.25, -0.2) is 4.39 Å². The Kier molecular flexibility index (Phi) is 3.15. The topological polar surface area (TPSA) is 66.8 Å². The fraction of sp³-hybridized carbons (Fsp3) is 0.462. The van der Waals surface area contributed by atoms with Gasteiger partial charge in [0.25, 0.3) is 0 Å². The lowest BCUT2D eigenvalue weighted by atomic mass is 9.78. The van der Waals surface area contributed by atoms with E-state index in [0.29, 0.717) is 12.8 Å².